The molecule has 1 aliphatic carbocycles. The van der Waals surface area contributed by atoms with E-state index in [1.54, 1.807) is 6.08 Å². The lowest BCUT2D eigenvalue weighted by molar-refractivity contribution is -0.00462. The van der Waals surface area contributed by atoms with Crippen LogP contribution >= 0.6 is 22.6 Å². The lowest BCUT2D eigenvalue weighted by atomic mass is 10.2. The van der Waals surface area contributed by atoms with Crippen LogP contribution < -0.4 is 0 Å². The minimum atomic E-state index is -6.00. The predicted octanol–water partition coefficient (Wildman–Crippen LogP) is 2.89. The van der Waals surface area contributed by atoms with Crippen molar-refractivity contribution < 1.29 is 22.1 Å². The molecule has 0 amide bonds. The summed E-state index contributed by atoms with van der Waals surface area (Å²) in [5, 5.41) is 0. The van der Waals surface area contributed by atoms with Gasteiger partial charge in [-0.2, -0.15) is 4.79 Å². The topological polar surface area (TPSA) is 36.4 Å². The third kappa shape index (κ3) is 8.00. The van der Waals surface area contributed by atoms with Crippen LogP contribution in [0, 0.1) is 0 Å². The number of hydrogen-bond donors (Lipinski definition) is 0. The molecule has 0 saturated carbocycles. The fraction of sp³-hybridized carbons (Fsp3) is 0.167. The first-order chi connectivity index (χ1) is 6.34. The number of alkyl halides is 1. The Labute approximate surface area is 91.5 Å². The Balaban J connectivity index is 0.000000292. The molecule has 14 heavy (non-hydrogen) atoms. The van der Waals surface area contributed by atoms with Crippen molar-refractivity contribution >= 4 is 35.6 Å². The lowest BCUT2D eigenvalue weighted by Gasteiger charge is -1.96. The fourth-order valence-corrected chi connectivity index (χ4v) is 1.17. The van der Waals surface area contributed by atoms with E-state index in [0.29, 0.717) is 5.71 Å². The quantitative estimate of drug-likeness (QED) is 0.164. The Hall–Kier alpha value is -0.625. The van der Waals surface area contributed by atoms with Crippen molar-refractivity contribution in [1.82, 2.24) is 0 Å². The van der Waals surface area contributed by atoms with Gasteiger partial charge in [-0.1, -0.05) is 40.8 Å². The number of rotatable bonds is 0. The SMILES string of the molecule is F[B-](F)(F)F.[N-]=[N+]=C1C=CC=CC1I. The van der Waals surface area contributed by atoms with E-state index < -0.39 is 7.25 Å². The van der Waals surface area contributed by atoms with Crippen molar-refractivity contribution in [3.8, 4) is 0 Å². The van der Waals surface area contributed by atoms with Crippen LogP contribution in [0.2, 0.25) is 0 Å². The van der Waals surface area contributed by atoms with Gasteiger partial charge in [0.15, 0.2) is 0 Å². The standard InChI is InChI=1S/C6H5IN2.BF4/c7-5-3-1-2-4-6(5)9-8;2-1(3,4)5/h1-5H;/q;-1. The average molecular weight is 319 g/mol. The summed E-state index contributed by atoms with van der Waals surface area (Å²) in [7, 11) is -6.00. The first-order valence-corrected chi connectivity index (χ1v) is 4.67. The van der Waals surface area contributed by atoms with Gasteiger partial charge in [-0.3, -0.25) is 0 Å². The van der Waals surface area contributed by atoms with Crippen LogP contribution in [0.5, 0.6) is 0 Å². The molecule has 0 N–H and O–H groups in total. The maximum Gasteiger partial charge on any atom is 0.673 e. The number of hydrogen-bond acceptors (Lipinski definition) is 0. The van der Waals surface area contributed by atoms with Crippen LogP contribution in [-0.2, 0) is 0 Å². The molecule has 1 unspecified atom stereocenters. The second-order valence-electron chi connectivity index (χ2n) is 2.17. The molecule has 1 aliphatic rings. The summed E-state index contributed by atoms with van der Waals surface area (Å²) in [6, 6.07) is 0. The Bertz CT molecular complexity index is 287. The van der Waals surface area contributed by atoms with Crippen molar-refractivity contribution in [1.29, 1.82) is 0 Å². The molecule has 8 heteroatoms. The highest BCUT2D eigenvalue weighted by Gasteiger charge is 2.20. The first-order valence-electron chi connectivity index (χ1n) is 3.43. The summed E-state index contributed by atoms with van der Waals surface area (Å²) in [4.78, 5) is 3.10. The van der Waals surface area contributed by atoms with Gasteiger partial charge in [0.25, 0.3) is 0 Å². The Morgan fingerprint density at radius 1 is 1.29 bits per heavy atom. The van der Waals surface area contributed by atoms with Crippen molar-refractivity contribution in [2.45, 2.75) is 3.92 Å². The van der Waals surface area contributed by atoms with Crippen LogP contribution in [0.25, 0.3) is 5.53 Å². The van der Waals surface area contributed by atoms with Gasteiger partial charge in [-0.25, -0.2) is 0 Å². The molecule has 0 radical (unpaired) electrons. The maximum absolute atomic E-state index is 9.75. The maximum atomic E-state index is 9.75. The minimum Gasteiger partial charge on any atom is -0.418 e. The third-order valence-electron chi connectivity index (χ3n) is 1.06. The monoisotopic (exact) mass is 319 g/mol. The highest BCUT2D eigenvalue weighted by atomic mass is 127. The van der Waals surface area contributed by atoms with Crippen LogP contribution in [0.3, 0.4) is 0 Å². The van der Waals surface area contributed by atoms with Crippen LogP contribution in [0.15, 0.2) is 24.3 Å². The minimum absolute atomic E-state index is 0.220. The zero-order chi connectivity index (χ0) is 11.2. The van der Waals surface area contributed by atoms with Gasteiger partial charge in [0.05, 0.1) is 0 Å². The van der Waals surface area contributed by atoms with E-state index in [4.69, 9.17) is 5.53 Å². The van der Waals surface area contributed by atoms with Crippen LogP contribution in [-0.4, -0.2) is 21.7 Å². The second-order valence-corrected chi connectivity index (χ2v) is 3.51. The molecular formula is C6H5BF4IN2-. The molecule has 0 aromatic heterocycles. The van der Waals surface area contributed by atoms with Gasteiger partial charge in [0.2, 0.25) is 0 Å². The molecule has 78 valence electrons. The van der Waals surface area contributed by atoms with Crippen LogP contribution in [0.4, 0.5) is 17.3 Å². The van der Waals surface area contributed by atoms with E-state index >= 15 is 0 Å². The highest BCUT2D eigenvalue weighted by molar-refractivity contribution is 14.1. The van der Waals surface area contributed by atoms with Gasteiger partial charge in [0.1, 0.15) is 3.92 Å². The van der Waals surface area contributed by atoms with Gasteiger partial charge < -0.3 is 22.8 Å². The summed E-state index contributed by atoms with van der Waals surface area (Å²) >= 11 is 2.19. The van der Waals surface area contributed by atoms with E-state index in [0.717, 1.165) is 0 Å². The van der Waals surface area contributed by atoms with E-state index in [2.05, 4.69) is 27.4 Å². The Morgan fingerprint density at radius 2 is 1.79 bits per heavy atom. The largest absolute Gasteiger partial charge is 0.673 e. The Kier molecular flexibility index (Phi) is 5.70. The Morgan fingerprint density at radius 3 is 2.07 bits per heavy atom. The zero-order valence-corrected chi connectivity index (χ0v) is 8.91. The van der Waals surface area contributed by atoms with E-state index in [9.17, 15) is 17.3 Å². The van der Waals surface area contributed by atoms with Gasteiger partial charge in [0, 0.05) is 6.08 Å². The molecule has 0 aromatic rings. The van der Waals surface area contributed by atoms with E-state index in [-0.39, 0.29) is 3.92 Å². The molecule has 0 aromatic carbocycles. The van der Waals surface area contributed by atoms with Crippen molar-refractivity contribution in [3.05, 3.63) is 29.8 Å². The van der Waals surface area contributed by atoms with E-state index in [1.165, 1.54) is 0 Å². The molecule has 0 fully saturated rings. The third-order valence-corrected chi connectivity index (χ3v) is 2.11. The lowest BCUT2D eigenvalue weighted by Crippen LogP contribution is -2.10. The molecule has 1 rings (SSSR count). The first kappa shape index (κ1) is 13.4. The average Bonchev–Trinajstić information content (AvgIpc) is 2.02. The number of allylic oxidation sites excluding steroid dienone is 4. The molecule has 0 spiro atoms. The van der Waals surface area contributed by atoms with Gasteiger partial charge in [-0.05, 0) is 0 Å². The smallest absolute Gasteiger partial charge is 0.418 e. The highest BCUT2D eigenvalue weighted by Crippen LogP contribution is 2.08. The van der Waals surface area contributed by atoms with Gasteiger partial charge >= 0.3 is 13.0 Å². The molecule has 0 saturated heterocycles. The molecule has 2 nitrogen and oxygen atoms in total. The van der Waals surface area contributed by atoms with Crippen molar-refractivity contribution in [3.63, 3.8) is 0 Å². The van der Waals surface area contributed by atoms with E-state index in [1.807, 2.05) is 18.2 Å². The van der Waals surface area contributed by atoms with Crippen LogP contribution in [0.1, 0.15) is 0 Å². The normalized spacial score (nSPS) is 19.8. The molecule has 0 bridgehead atoms. The van der Waals surface area contributed by atoms with Crippen molar-refractivity contribution in [2.24, 2.45) is 0 Å². The number of halogens is 5. The summed E-state index contributed by atoms with van der Waals surface area (Å²) in [6.45, 7) is 0. The van der Waals surface area contributed by atoms with Gasteiger partial charge in [-0.15, -0.1) is 0 Å². The molecular weight excluding hydrogens is 314 g/mol. The second kappa shape index (κ2) is 5.97. The zero-order valence-electron chi connectivity index (χ0n) is 6.75. The summed E-state index contributed by atoms with van der Waals surface area (Å²) in [6.07, 6.45) is 7.54. The molecule has 0 heterocycles. The molecule has 1 atom stereocenters. The summed E-state index contributed by atoms with van der Waals surface area (Å²) < 4.78 is 39.2. The predicted molar refractivity (Wildman–Crippen MR) is 54.9 cm³/mol. The fourth-order valence-electron chi connectivity index (χ4n) is 0.595. The summed E-state index contributed by atoms with van der Waals surface area (Å²) in [5.41, 5.74) is 9.07. The number of nitrogens with zero attached hydrogens (tertiary/aromatic N) is 2. The molecule has 0 aliphatic heterocycles. The summed E-state index contributed by atoms with van der Waals surface area (Å²) in [5.74, 6) is 0. The van der Waals surface area contributed by atoms with Crippen molar-refractivity contribution in [2.75, 3.05) is 0 Å².